The molecule has 1 unspecified atom stereocenters. The van der Waals surface area contributed by atoms with E-state index < -0.39 is 5.60 Å². The van der Waals surface area contributed by atoms with E-state index in [1.54, 1.807) is 0 Å². The summed E-state index contributed by atoms with van der Waals surface area (Å²) in [5.74, 6) is 0.164. The number of rotatable bonds is 4. The van der Waals surface area contributed by atoms with Crippen LogP contribution in [0.4, 0.5) is 0 Å². The Bertz CT molecular complexity index is 807. The number of nitrogens with one attached hydrogen (secondary N) is 1. The zero-order chi connectivity index (χ0) is 18.1. The molecule has 1 amide bonds. The smallest absolute Gasteiger partial charge is 0.226 e. The summed E-state index contributed by atoms with van der Waals surface area (Å²) < 4.78 is 11.7. The number of aromatic amines is 1. The first-order valence-electron chi connectivity index (χ1n) is 9.81. The van der Waals surface area contributed by atoms with E-state index in [0.717, 1.165) is 25.0 Å². The second-order valence-electron chi connectivity index (χ2n) is 7.29. The first-order valence-corrected chi connectivity index (χ1v) is 9.81. The number of hydrogen-bond acceptors (Lipinski definition) is 3. The minimum atomic E-state index is -0.549. The van der Waals surface area contributed by atoms with Crippen LogP contribution in [0.15, 0.2) is 18.2 Å². The molecule has 1 aromatic heterocycles. The van der Waals surface area contributed by atoms with Crippen molar-refractivity contribution in [3.8, 4) is 0 Å². The summed E-state index contributed by atoms with van der Waals surface area (Å²) in [5.41, 5.74) is 4.43. The first kappa shape index (κ1) is 17.6. The zero-order valence-electron chi connectivity index (χ0n) is 15.8. The van der Waals surface area contributed by atoms with Crippen molar-refractivity contribution < 1.29 is 14.3 Å². The fourth-order valence-electron chi connectivity index (χ4n) is 4.41. The third-order valence-corrected chi connectivity index (χ3v) is 5.97. The molecule has 0 radical (unpaired) electrons. The van der Waals surface area contributed by atoms with Gasteiger partial charge in [0.25, 0.3) is 0 Å². The second-order valence-corrected chi connectivity index (χ2v) is 7.29. The highest BCUT2D eigenvalue weighted by molar-refractivity contribution is 5.88. The number of benzene rings is 1. The minimum absolute atomic E-state index is 0.164. The summed E-state index contributed by atoms with van der Waals surface area (Å²) in [6, 6.07) is 6.51. The molecule has 2 aromatic rings. The Morgan fingerprint density at radius 2 is 2.04 bits per heavy atom. The molecule has 5 heteroatoms. The van der Waals surface area contributed by atoms with Gasteiger partial charge in [0.1, 0.15) is 5.60 Å². The van der Waals surface area contributed by atoms with Gasteiger partial charge in [0.15, 0.2) is 0 Å². The van der Waals surface area contributed by atoms with Crippen LogP contribution in [-0.2, 0) is 32.7 Å². The number of carbonyl (C=O) groups is 1. The van der Waals surface area contributed by atoms with Gasteiger partial charge in [-0.1, -0.05) is 32.0 Å². The summed E-state index contributed by atoms with van der Waals surface area (Å²) in [4.78, 5) is 18.5. The van der Waals surface area contributed by atoms with Crippen LogP contribution in [0.25, 0.3) is 10.9 Å². The van der Waals surface area contributed by atoms with Gasteiger partial charge in [0.05, 0.1) is 31.9 Å². The van der Waals surface area contributed by atoms with E-state index in [4.69, 9.17) is 9.47 Å². The molecular weight excluding hydrogens is 328 g/mol. The van der Waals surface area contributed by atoms with Crippen molar-refractivity contribution in [2.24, 2.45) is 0 Å². The Kier molecular flexibility index (Phi) is 4.76. The molecule has 2 aliphatic heterocycles. The molecular formula is C21H28N2O3. The number of nitrogens with zero attached hydrogens (tertiary/aromatic N) is 1. The normalized spacial score (nSPS) is 23.2. The number of fused-ring (bicyclic) bond motifs is 3. The number of H-pyrrole nitrogens is 1. The van der Waals surface area contributed by atoms with E-state index in [1.165, 1.54) is 22.0 Å². The average Bonchev–Trinajstić information content (AvgIpc) is 3.09. The maximum absolute atomic E-state index is 13.0. The van der Waals surface area contributed by atoms with Crippen molar-refractivity contribution in [1.29, 1.82) is 0 Å². The predicted octanol–water partition coefficient (Wildman–Crippen LogP) is 3.16. The van der Waals surface area contributed by atoms with Crippen LogP contribution in [0.5, 0.6) is 0 Å². The van der Waals surface area contributed by atoms with Crippen LogP contribution in [-0.4, -0.2) is 48.7 Å². The lowest BCUT2D eigenvalue weighted by Gasteiger charge is -2.38. The number of aromatic nitrogens is 1. The van der Waals surface area contributed by atoms with Gasteiger partial charge < -0.3 is 19.4 Å². The highest BCUT2D eigenvalue weighted by atomic mass is 16.5. The lowest BCUT2D eigenvalue weighted by Crippen LogP contribution is -2.45. The number of para-hydroxylation sites is 1. The van der Waals surface area contributed by atoms with E-state index >= 15 is 0 Å². The number of aryl methyl sites for hydroxylation is 1. The van der Waals surface area contributed by atoms with Crippen molar-refractivity contribution in [3.05, 3.63) is 35.0 Å². The monoisotopic (exact) mass is 356 g/mol. The largest absolute Gasteiger partial charge is 0.378 e. The summed E-state index contributed by atoms with van der Waals surface area (Å²) in [6.07, 6.45) is 3.06. The van der Waals surface area contributed by atoms with Crippen molar-refractivity contribution in [1.82, 2.24) is 9.88 Å². The molecule has 1 atom stereocenters. The van der Waals surface area contributed by atoms with Gasteiger partial charge in [-0.05, 0) is 30.4 Å². The van der Waals surface area contributed by atoms with Gasteiger partial charge in [-0.2, -0.15) is 0 Å². The molecule has 1 aromatic carbocycles. The lowest BCUT2D eigenvalue weighted by molar-refractivity contribution is -0.146. The molecule has 4 rings (SSSR count). The highest BCUT2D eigenvalue weighted by Gasteiger charge is 2.41. The maximum atomic E-state index is 13.0. The number of morpholine rings is 1. The van der Waals surface area contributed by atoms with Gasteiger partial charge in [-0.15, -0.1) is 0 Å². The Hall–Kier alpha value is -1.85. The molecule has 0 saturated carbocycles. The van der Waals surface area contributed by atoms with Crippen molar-refractivity contribution in [3.63, 3.8) is 0 Å². The molecule has 0 aliphatic carbocycles. The fourth-order valence-corrected chi connectivity index (χ4v) is 4.41. The van der Waals surface area contributed by atoms with E-state index in [0.29, 0.717) is 39.3 Å². The van der Waals surface area contributed by atoms with Gasteiger partial charge in [-0.3, -0.25) is 4.79 Å². The third-order valence-electron chi connectivity index (χ3n) is 5.97. The van der Waals surface area contributed by atoms with E-state index in [1.807, 2.05) is 4.90 Å². The third kappa shape index (κ3) is 2.83. The van der Waals surface area contributed by atoms with Crippen LogP contribution >= 0.6 is 0 Å². The molecule has 5 nitrogen and oxygen atoms in total. The fraction of sp³-hybridized carbons (Fsp3) is 0.571. The van der Waals surface area contributed by atoms with Crippen molar-refractivity contribution >= 4 is 16.8 Å². The summed E-state index contributed by atoms with van der Waals surface area (Å²) >= 11 is 0. The standard InChI is InChI=1S/C21H28N2O3/c1-3-15-6-5-7-16-17-8-11-26-21(4-2,20(17)22-19(15)16)14-18(24)23-9-12-25-13-10-23/h5-7,22H,3-4,8-14H2,1-2H3. The van der Waals surface area contributed by atoms with Crippen molar-refractivity contribution in [2.45, 2.75) is 45.1 Å². The van der Waals surface area contributed by atoms with Crippen LogP contribution in [0.3, 0.4) is 0 Å². The number of amides is 1. The van der Waals surface area contributed by atoms with Crippen LogP contribution < -0.4 is 0 Å². The van der Waals surface area contributed by atoms with Gasteiger partial charge in [0.2, 0.25) is 5.91 Å². The van der Waals surface area contributed by atoms with Crippen molar-refractivity contribution in [2.75, 3.05) is 32.9 Å². The van der Waals surface area contributed by atoms with E-state index in [9.17, 15) is 4.79 Å². The molecule has 140 valence electrons. The molecule has 1 N–H and O–H groups in total. The molecule has 0 spiro atoms. The first-order chi connectivity index (χ1) is 12.7. The van der Waals surface area contributed by atoms with E-state index in [2.05, 4.69) is 37.0 Å². The molecule has 26 heavy (non-hydrogen) atoms. The predicted molar refractivity (Wildman–Crippen MR) is 101 cm³/mol. The second kappa shape index (κ2) is 7.05. The van der Waals surface area contributed by atoms with Crippen LogP contribution in [0.2, 0.25) is 0 Å². The quantitative estimate of drug-likeness (QED) is 0.916. The average molecular weight is 356 g/mol. The SMILES string of the molecule is CCc1cccc2c3c([nH]c12)C(CC)(CC(=O)N1CCOCC1)OCC3. The molecule has 3 heterocycles. The number of hydrogen-bond donors (Lipinski definition) is 1. The Balaban J connectivity index is 1.73. The van der Waals surface area contributed by atoms with Crippen LogP contribution in [0.1, 0.15) is 43.5 Å². The topological polar surface area (TPSA) is 54.6 Å². The molecule has 2 aliphatic rings. The Labute approximate surface area is 154 Å². The minimum Gasteiger partial charge on any atom is -0.378 e. The number of ether oxygens (including phenoxy) is 2. The van der Waals surface area contributed by atoms with E-state index in [-0.39, 0.29) is 5.91 Å². The molecule has 1 fully saturated rings. The molecule has 1 saturated heterocycles. The zero-order valence-corrected chi connectivity index (χ0v) is 15.8. The highest BCUT2D eigenvalue weighted by Crippen LogP contribution is 2.42. The van der Waals surface area contributed by atoms with Crippen LogP contribution in [0, 0.1) is 0 Å². The lowest BCUT2D eigenvalue weighted by atomic mass is 9.85. The summed E-state index contributed by atoms with van der Waals surface area (Å²) in [6.45, 7) is 7.58. The van der Waals surface area contributed by atoms with Gasteiger partial charge >= 0.3 is 0 Å². The van der Waals surface area contributed by atoms with Gasteiger partial charge in [-0.25, -0.2) is 0 Å². The Morgan fingerprint density at radius 3 is 2.77 bits per heavy atom. The summed E-state index contributed by atoms with van der Waals surface area (Å²) in [5, 5.41) is 1.29. The molecule has 0 bridgehead atoms. The Morgan fingerprint density at radius 1 is 1.23 bits per heavy atom. The summed E-state index contributed by atoms with van der Waals surface area (Å²) in [7, 11) is 0. The number of carbonyl (C=O) groups excluding carboxylic acids is 1. The van der Waals surface area contributed by atoms with Gasteiger partial charge in [0, 0.05) is 24.0 Å². The maximum Gasteiger partial charge on any atom is 0.226 e.